The van der Waals surface area contributed by atoms with Gasteiger partial charge in [-0.15, -0.1) is 0 Å². The Balaban J connectivity index is 2.88. The van der Waals surface area contributed by atoms with E-state index in [9.17, 15) is 13.6 Å². The number of halogens is 2. The molecule has 1 amide bonds. The Bertz CT molecular complexity index is 375. The molecule has 0 aromatic heterocycles. The second kappa shape index (κ2) is 5.03. The van der Waals surface area contributed by atoms with Gasteiger partial charge in [0, 0.05) is 11.6 Å². The Labute approximate surface area is 92.6 Å². The van der Waals surface area contributed by atoms with Crippen molar-refractivity contribution in [2.75, 3.05) is 0 Å². The first kappa shape index (κ1) is 12.6. The van der Waals surface area contributed by atoms with Crippen LogP contribution in [-0.4, -0.2) is 11.9 Å². The predicted octanol–water partition coefficient (Wildman–Crippen LogP) is 1.49. The van der Waals surface area contributed by atoms with Crippen molar-refractivity contribution < 1.29 is 13.6 Å². The maximum Gasteiger partial charge on any atom is 0.234 e. The Hall–Kier alpha value is -1.49. The smallest absolute Gasteiger partial charge is 0.234 e. The number of hydrogen-bond acceptors (Lipinski definition) is 2. The van der Waals surface area contributed by atoms with Gasteiger partial charge in [-0.3, -0.25) is 10.1 Å². The molecule has 0 bridgehead atoms. The van der Waals surface area contributed by atoms with E-state index in [1.807, 2.05) is 0 Å². The third-order valence-corrected chi connectivity index (χ3v) is 2.36. The van der Waals surface area contributed by atoms with Crippen LogP contribution in [0.15, 0.2) is 18.2 Å². The van der Waals surface area contributed by atoms with Crippen LogP contribution in [0.4, 0.5) is 8.78 Å². The number of nitrogens with two attached hydrogens (primary N) is 1. The van der Waals surface area contributed by atoms with Crippen LogP contribution in [0.3, 0.4) is 0 Å². The number of primary amides is 1. The topological polar surface area (TPSA) is 55.1 Å². The zero-order valence-corrected chi connectivity index (χ0v) is 9.13. The summed E-state index contributed by atoms with van der Waals surface area (Å²) in [6, 6.07) is 2.37. The summed E-state index contributed by atoms with van der Waals surface area (Å²) < 4.78 is 26.7. The van der Waals surface area contributed by atoms with Crippen LogP contribution in [0.25, 0.3) is 0 Å². The van der Waals surface area contributed by atoms with Crippen molar-refractivity contribution in [3.63, 3.8) is 0 Å². The van der Waals surface area contributed by atoms with Crippen LogP contribution in [0.2, 0.25) is 0 Å². The van der Waals surface area contributed by atoms with Crippen molar-refractivity contribution in [3.05, 3.63) is 35.4 Å². The van der Waals surface area contributed by atoms with Gasteiger partial charge >= 0.3 is 0 Å². The number of benzene rings is 1. The van der Waals surface area contributed by atoms with Crippen LogP contribution < -0.4 is 11.1 Å². The van der Waals surface area contributed by atoms with Crippen molar-refractivity contribution in [3.8, 4) is 0 Å². The lowest BCUT2D eigenvalue weighted by atomic mass is 10.1. The molecule has 0 aliphatic rings. The largest absolute Gasteiger partial charge is 0.368 e. The van der Waals surface area contributed by atoms with Crippen molar-refractivity contribution in [2.45, 2.75) is 25.9 Å². The van der Waals surface area contributed by atoms with Crippen LogP contribution in [0.5, 0.6) is 0 Å². The molecule has 88 valence electrons. The second-order valence-electron chi connectivity index (χ2n) is 3.65. The Morgan fingerprint density at radius 1 is 1.31 bits per heavy atom. The lowest BCUT2D eigenvalue weighted by Gasteiger charge is -2.18. The molecule has 0 aliphatic heterocycles. The van der Waals surface area contributed by atoms with Gasteiger partial charge in [0.25, 0.3) is 0 Å². The van der Waals surface area contributed by atoms with E-state index >= 15 is 0 Å². The molecule has 3 N–H and O–H groups in total. The number of amides is 1. The van der Waals surface area contributed by atoms with Crippen LogP contribution in [-0.2, 0) is 4.79 Å². The van der Waals surface area contributed by atoms with Crippen molar-refractivity contribution in [1.29, 1.82) is 0 Å². The monoisotopic (exact) mass is 228 g/mol. The van der Waals surface area contributed by atoms with Gasteiger partial charge in [0.2, 0.25) is 5.91 Å². The SMILES string of the molecule is CC(NC(C)c1c(F)cccc1F)C(N)=O. The molecule has 0 heterocycles. The Morgan fingerprint density at radius 3 is 2.25 bits per heavy atom. The van der Waals surface area contributed by atoms with E-state index in [0.29, 0.717) is 0 Å². The molecular weight excluding hydrogens is 214 g/mol. The first-order chi connectivity index (χ1) is 7.43. The van der Waals surface area contributed by atoms with Gasteiger partial charge in [-0.1, -0.05) is 6.07 Å². The van der Waals surface area contributed by atoms with Crippen molar-refractivity contribution >= 4 is 5.91 Å². The summed E-state index contributed by atoms with van der Waals surface area (Å²) in [6.07, 6.45) is 0. The molecule has 2 unspecified atom stereocenters. The number of hydrogen-bond donors (Lipinski definition) is 2. The summed E-state index contributed by atoms with van der Waals surface area (Å²) in [5.41, 5.74) is 4.96. The maximum absolute atomic E-state index is 13.4. The predicted molar refractivity (Wildman–Crippen MR) is 56.6 cm³/mol. The van der Waals surface area contributed by atoms with E-state index in [1.54, 1.807) is 6.92 Å². The normalized spacial score (nSPS) is 14.5. The third-order valence-electron chi connectivity index (χ3n) is 2.36. The molecule has 3 nitrogen and oxygen atoms in total. The zero-order chi connectivity index (χ0) is 12.3. The van der Waals surface area contributed by atoms with E-state index in [2.05, 4.69) is 5.32 Å². The molecule has 0 spiro atoms. The first-order valence-corrected chi connectivity index (χ1v) is 4.92. The van der Waals surface area contributed by atoms with Gasteiger partial charge in [-0.2, -0.15) is 0 Å². The van der Waals surface area contributed by atoms with E-state index < -0.39 is 29.6 Å². The lowest BCUT2D eigenvalue weighted by molar-refractivity contribution is -0.119. The highest BCUT2D eigenvalue weighted by Gasteiger charge is 2.19. The first-order valence-electron chi connectivity index (χ1n) is 4.92. The number of carbonyl (C=O) groups excluding carboxylic acids is 1. The molecule has 0 radical (unpaired) electrons. The average molecular weight is 228 g/mol. The van der Waals surface area contributed by atoms with E-state index in [4.69, 9.17) is 5.73 Å². The fourth-order valence-electron chi connectivity index (χ4n) is 1.46. The highest BCUT2D eigenvalue weighted by atomic mass is 19.1. The van der Waals surface area contributed by atoms with Gasteiger partial charge in [0.05, 0.1) is 6.04 Å². The highest BCUT2D eigenvalue weighted by Crippen LogP contribution is 2.20. The van der Waals surface area contributed by atoms with E-state index in [1.165, 1.54) is 25.1 Å². The minimum atomic E-state index is -0.644. The molecular formula is C11H14F2N2O. The zero-order valence-electron chi connectivity index (χ0n) is 9.13. The fourth-order valence-corrected chi connectivity index (χ4v) is 1.46. The second-order valence-corrected chi connectivity index (χ2v) is 3.65. The minimum Gasteiger partial charge on any atom is -0.368 e. The number of rotatable bonds is 4. The van der Waals surface area contributed by atoms with Crippen LogP contribution in [0.1, 0.15) is 25.5 Å². The molecule has 0 fully saturated rings. The lowest BCUT2D eigenvalue weighted by Crippen LogP contribution is -2.40. The molecule has 0 saturated carbocycles. The summed E-state index contributed by atoms with van der Waals surface area (Å²) in [7, 11) is 0. The molecule has 1 aromatic rings. The van der Waals surface area contributed by atoms with Crippen LogP contribution in [0, 0.1) is 11.6 Å². The van der Waals surface area contributed by atoms with Crippen molar-refractivity contribution in [1.82, 2.24) is 5.32 Å². The highest BCUT2D eigenvalue weighted by molar-refractivity contribution is 5.79. The van der Waals surface area contributed by atoms with Gasteiger partial charge in [-0.25, -0.2) is 8.78 Å². The molecule has 1 aromatic carbocycles. The van der Waals surface area contributed by atoms with Gasteiger partial charge in [0.15, 0.2) is 0 Å². The molecule has 0 aliphatic carbocycles. The number of nitrogens with one attached hydrogen (secondary N) is 1. The van der Waals surface area contributed by atoms with E-state index in [-0.39, 0.29) is 5.56 Å². The summed E-state index contributed by atoms with van der Waals surface area (Å²) in [5.74, 6) is -1.85. The Morgan fingerprint density at radius 2 is 1.81 bits per heavy atom. The molecule has 0 saturated heterocycles. The average Bonchev–Trinajstić information content (AvgIpc) is 2.16. The van der Waals surface area contributed by atoms with Gasteiger partial charge < -0.3 is 5.73 Å². The fraction of sp³-hybridized carbons (Fsp3) is 0.364. The van der Waals surface area contributed by atoms with Gasteiger partial charge in [0.1, 0.15) is 11.6 Å². The van der Waals surface area contributed by atoms with Crippen molar-refractivity contribution in [2.24, 2.45) is 5.73 Å². The molecule has 5 heteroatoms. The summed E-state index contributed by atoms with van der Waals surface area (Å²) >= 11 is 0. The maximum atomic E-state index is 13.4. The summed E-state index contributed by atoms with van der Waals surface area (Å²) in [5, 5.41) is 2.72. The third kappa shape index (κ3) is 2.76. The van der Waals surface area contributed by atoms with Gasteiger partial charge in [-0.05, 0) is 26.0 Å². The minimum absolute atomic E-state index is 0.0874. The summed E-state index contributed by atoms with van der Waals surface area (Å²) in [4.78, 5) is 10.8. The molecule has 16 heavy (non-hydrogen) atoms. The van der Waals surface area contributed by atoms with E-state index in [0.717, 1.165) is 0 Å². The summed E-state index contributed by atoms with van der Waals surface area (Å²) in [6.45, 7) is 3.11. The quantitative estimate of drug-likeness (QED) is 0.820. The number of carbonyl (C=O) groups is 1. The Kier molecular flexibility index (Phi) is 3.95. The standard InChI is InChI=1S/C11H14F2N2O/c1-6(15-7(2)11(14)16)10-8(12)4-3-5-9(10)13/h3-7,15H,1-2H3,(H2,14,16). The van der Waals surface area contributed by atoms with Crippen LogP contribution >= 0.6 is 0 Å². The molecule has 2 atom stereocenters. The molecule has 1 rings (SSSR count).